The molecule has 0 bridgehead atoms. The molecule has 0 saturated heterocycles. The number of nitrogens with zero attached hydrogens (tertiary/aromatic N) is 1. The lowest BCUT2D eigenvalue weighted by molar-refractivity contribution is -0.134. The topological polar surface area (TPSA) is 58.6 Å². The van der Waals surface area contributed by atoms with Crippen LogP contribution in [0.4, 0.5) is 0 Å². The van der Waals surface area contributed by atoms with E-state index in [-0.39, 0.29) is 17.6 Å². The van der Waals surface area contributed by atoms with Crippen LogP contribution < -0.4 is 10.1 Å². The van der Waals surface area contributed by atoms with Gasteiger partial charge in [-0.1, -0.05) is 36.4 Å². The van der Waals surface area contributed by atoms with Crippen LogP contribution in [-0.2, 0) is 9.59 Å². The Hall–Kier alpha value is -2.47. The van der Waals surface area contributed by atoms with E-state index in [1.165, 1.54) is 16.7 Å². The van der Waals surface area contributed by atoms with Crippen molar-refractivity contribution in [3.63, 3.8) is 0 Å². The van der Waals surface area contributed by atoms with Gasteiger partial charge in [0.25, 0.3) is 0 Å². The first-order valence-corrected chi connectivity index (χ1v) is 8.82. The summed E-state index contributed by atoms with van der Waals surface area (Å²) in [6, 6.07) is 16.1. The highest BCUT2D eigenvalue weighted by molar-refractivity contribution is 8.00. The Morgan fingerprint density at radius 2 is 1.84 bits per heavy atom. The number of carbonyl (C=O) groups is 2. The molecule has 25 heavy (non-hydrogen) atoms. The minimum Gasteiger partial charge on any atom is -0.497 e. The van der Waals surface area contributed by atoms with E-state index in [4.69, 9.17) is 4.74 Å². The number of benzene rings is 2. The molecule has 0 radical (unpaired) electrons. The van der Waals surface area contributed by atoms with Crippen LogP contribution in [0.15, 0.2) is 59.5 Å². The number of likely N-dealkylation sites (N-methyl/N-ethyl adjacent to an activating group) is 1. The van der Waals surface area contributed by atoms with E-state index in [0.717, 1.165) is 16.2 Å². The summed E-state index contributed by atoms with van der Waals surface area (Å²) in [5.74, 6) is 0.607. The number of ether oxygens (including phenoxy) is 1. The van der Waals surface area contributed by atoms with Crippen LogP contribution >= 0.6 is 11.8 Å². The highest BCUT2D eigenvalue weighted by atomic mass is 32.2. The van der Waals surface area contributed by atoms with Crippen molar-refractivity contribution in [2.45, 2.75) is 10.9 Å². The van der Waals surface area contributed by atoms with Gasteiger partial charge in [0.2, 0.25) is 11.8 Å². The van der Waals surface area contributed by atoms with E-state index in [1.807, 2.05) is 54.6 Å². The van der Waals surface area contributed by atoms with Crippen LogP contribution in [0.1, 0.15) is 11.6 Å². The monoisotopic (exact) mass is 358 g/mol. The zero-order valence-electron chi connectivity index (χ0n) is 14.6. The highest BCUT2D eigenvalue weighted by Gasteiger charge is 2.24. The number of methoxy groups -OCH3 is 1. The first kappa shape index (κ1) is 18.9. The Balaban J connectivity index is 2.03. The van der Waals surface area contributed by atoms with Gasteiger partial charge >= 0.3 is 0 Å². The molecule has 0 aromatic heterocycles. The zero-order valence-corrected chi connectivity index (χ0v) is 15.4. The molecule has 2 aromatic carbocycles. The number of thioether (sulfide) groups is 1. The summed E-state index contributed by atoms with van der Waals surface area (Å²) in [7, 11) is 4.96. The molecule has 1 N–H and O–H groups in total. The molecule has 0 unspecified atom stereocenters. The molecule has 2 rings (SSSR count). The smallest absolute Gasteiger partial charge is 0.249 e. The molecule has 6 heteroatoms. The van der Waals surface area contributed by atoms with Gasteiger partial charge in [0, 0.05) is 19.0 Å². The molecular weight excluding hydrogens is 336 g/mol. The average Bonchev–Trinajstić information content (AvgIpc) is 2.64. The van der Waals surface area contributed by atoms with E-state index in [9.17, 15) is 9.59 Å². The lowest BCUT2D eigenvalue weighted by Crippen LogP contribution is -2.40. The van der Waals surface area contributed by atoms with Gasteiger partial charge in [-0.3, -0.25) is 9.59 Å². The predicted octanol–water partition coefficient (Wildman–Crippen LogP) is 2.73. The number of rotatable bonds is 7. The van der Waals surface area contributed by atoms with Crippen molar-refractivity contribution >= 4 is 23.6 Å². The minimum atomic E-state index is -0.686. The van der Waals surface area contributed by atoms with Crippen molar-refractivity contribution in [3.05, 3.63) is 60.2 Å². The van der Waals surface area contributed by atoms with Crippen molar-refractivity contribution < 1.29 is 14.3 Å². The van der Waals surface area contributed by atoms with Crippen LogP contribution in [0, 0.1) is 0 Å². The largest absolute Gasteiger partial charge is 0.497 e. The molecule has 0 spiro atoms. The quantitative estimate of drug-likeness (QED) is 0.773. The van der Waals surface area contributed by atoms with Crippen molar-refractivity contribution in [3.8, 4) is 5.75 Å². The number of hydrogen-bond acceptors (Lipinski definition) is 4. The Bertz CT molecular complexity index is 720. The SMILES string of the molecule is COc1cccc(SCC(=O)N[C@H](C(=O)N(C)C)c2ccccc2)c1. The predicted molar refractivity (Wildman–Crippen MR) is 99.7 cm³/mol. The van der Waals surface area contributed by atoms with Gasteiger partial charge in [-0.15, -0.1) is 11.8 Å². The number of amides is 2. The fourth-order valence-electron chi connectivity index (χ4n) is 2.23. The van der Waals surface area contributed by atoms with E-state index in [1.54, 1.807) is 21.2 Å². The molecule has 2 amide bonds. The van der Waals surface area contributed by atoms with Crippen molar-refractivity contribution in [1.29, 1.82) is 0 Å². The number of carbonyl (C=O) groups excluding carboxylic acids is 2. The fraction of sp³-hybridized carbons (Fsp3) is 0.263. The number of nitrogens with one attached hydrogen (secondary N) is 1. The third-order valence-electron chi connectivity index (χ3n) is 3.54. The average molecular weight is 358 g/mol. The third kappa shape index (κ3) is 5.53. The summed E-state index contributed by atoms with van der Waals surface area (Å²) >= 11 is 1.40. The van der Waals surface area contributed by atoms with Crippen LogP contribution in [0.25, 0.3) is 0 Å². The van der Waals surface area contributed by atoms with Crippen molar-refractivity contribution in [2.24, 2.45) is 0 Å². The first-order chi connectivity index (χ1) is 12.0. The lowest BCUT2D eigenvalue weighted by atomic mass is 10.1. The van der Waals surface area contributed by atoms with Crippen molar-refractivity contribution in [2.75, 3.05) is 27.0 Å². The Kier molecular flexibility index (Phi) is 6.89. The minimum absolute atomic E-state index is 0.161. The van der Waals surface area contributed by atoms with Gasteiger partial charge in [-0.25, -0.2) is 0 Å². The van der Waals surface area contributed by atoms with Gasteiger partial charge in [0.05, 0.1) is 12.9 Å². The first-order valence-electron chi connectivity index (χ1n) is 7.83. The summed E-state index contributed by atoms with van der Waals surface area (Å²) < 4.78 is 5.18. The molecule has 0 aliphatic rings. The molecule has 2 aromatic rings. The summed E-state index contributed by atoms with van der Waals surface area (Å²) in [5, 5.41) is 2.83. The zero-order chi connectivity index (χ0) is 18.2. The second-order valence-electron chi connectivity index (χ2n) is 5.61. The van der Waals surface area contributed by atoms with Gasteiger partial charge in [-0.2, -0.15) is 0 Å². The van der Waals surface area contributed by atoms with E-state index >= 15 is 0 Å². The van der Waals surface area contributed by atoms with Crippen LogP contribution in [0.5, 0.6) is 5.75 Å². The maximum absolute atomic E-state index is 12.4. The molecule has 1 atom stereocenters. The fourth-order valence-corrected chi connectivity index (χ4v) is 2.99. The molecule has 0 fully saturated rings. The summed E-state index contributed by atoms with van der Waals surface area (Å²) in [5.41, 5.74) is 0.765. The lowest BCUT2D eigenvalue weighted by Gasteiger charge is -2.22. The van der Waals surface area contributed by atoms with Gasteiger partial charge in [-0.05, 0) is 23.8 Å². The normalized spacial score (nSPS) is 11.5. The molecule has 132 valence electrons. The van der Waals surface area contributed by atoms with Gasteiger partial charge < -0.3 is 15.0 Å². The Labute approximate surface area is 152 Å². The Morgan fingerprint density at radius 1 is 1.12 bits per heavy atom. The molecular formula is C19H22N2O3S. The second kappa shape index (κ2) is 9.13. The molecule has 5 nitrogen and oxygen atoms in total. The van der Waals surface area contributed by atoms with Crippen LogP contribution in [0.3, 0.4) is 0 Å². The van der Waals surface area contributed by atoms with Gasteiger partial charge in [0.1, 0.15) is 11.8 Å². The molecule has 0 heterocycles. The second-order valence-corrected chi connectivity index (χ2v) is 6.66. The third-order valence-corrected chi connectivity index (χ3v) is 4.53. The number of hydrogen-bond donors (Lipinski definition) is 1. The maximum atomic E-state index is 12.4. The summed E-state index contributed by atoms with van der Waals surface area (Å²) in [6.45, 7) is 0. The van der Waals surface area contributed by atoms with E-state index in [0.29, 0.717) is 0 Å². The highest BCUT2D eigenvalue weighted by Crippen LogP contribution is 2.23. The molecule has 0 saturated carbocycles. The molecule has 0 aliphatic heterocycles. The van der Waals surface area contributed by atoms with Gasteiger partial charge in [0.15, 0.2) is 0 Å². The maximum Gasteiger partial charge on any atom is 0.249 e. The Morgan fingerprint density at radius 3 is 2.48 bits per heavy atom. The molecule has 0 aliphatic carbocycles. The van der Waals surface area contributed by atoms with Crippen LogP contribution in [-0.4, -0.2) is 43.7 Å². The summed E-state index contributed by atoms with van der Waals surface area (Å²) in [6.07, 6.45) is 0. The van der Waals surface area contributed by atoms with E-state index < -0.39 is 6.04 Å². The van der Waals surface area contributed by atoms with E-state index in [2.05, 4.69) is 5.32 Å². The van der Waals surface area contributed by atoms with Crippen LogP contribution in [0.2, 0.25) is 0 Å². The van der Waals surface area contributed by atoms with Crippen molar-refractivity contribution in [1.82, 2.24) is 10.2 Å². The standard InChI is InChI=1S/C19H22N2O3S/c1-21(2)19(23)18(14-8-5-4-6-9-14)20-17(22)13-25-16-11-7-10-15(12-16)24-3/h4-12,18H,13H2,1-3H3,(H,20,22)/t18-/m0/s1. The summed E-state index contributed by atoms with van der Waals surface area (Å²) in [4.78, 5) is 27.2.